The van der Waals surface area contributed by atoms with Crippen molar-refractivity contribution in [3.8, 4) is 0 Å². The second kappa shape index (κ2) is 4.78. The fraction of sp³-hybridized carbons (Fsp3) is 0.889. The Labute approximate surface area is 91.3 Å². The highest BCUT2D eigenvalue weighted by atomic mass is 32.2. The fourth-order valence-corrected chi connectivity index (χ4v) is 3.78. The second-order valence-corrected chi connectivity index (χ2v) is 5.99. The maximum atomic E-state index is 12.2. The standard InChI is InChI=1S/C9H18N3O2S/c13-15(14,9-1-3-10-4-2-9)12-7-5-11-6-8-12/h10-11H,1-8H2. The molecule has 0 unspecified atom stereocenters. The van der Waals surface area contributed by atoms with E-state index < -0.39 is 10.0 Å². The molecule has 0 saturated carbocycles. The van der Waals surface area contributed by atoms with Crippen LogP contribution in [0.2, 0.25) is 0 Å². The summed E-state index contributed by atoms with van der Waals surface area (Å²) in [7, 11) is -3.12. The highest BCUT2D eigenvalue weighted by Gasteiger charge is 2.34. The maximum absolute atomic E-state index is 12.2. The summed E-state index contributed by atoms with van der Waals surface area (Å²) in [6.07, 6.45) is 1.35. The second-order valence-electron chi connectivity index (χ2n) is 3.94. The zero-order valence-corrected chi connectivity index (χ0v) is 9.65. The van der Waals surface area contributed by atoms with Crippen molar-refractivity contribution in [1.29, 1.82) is 0 Å². The van der Waals surface area contributed by atoms with Crippen molar-refractivity contribution in [3.63, 3.8) is 0 Å². The summed E-state index contributed by atoms with van der Waals surface area (Å²) in [4.78, 5) is 0. The van der Waals surface area contributed by atoms with Crippen molar-refractivity contribution in [2.75, 3.05) is 39.3 Å². The van der Waals surface area contributed by atoms with Gasteiger partial charge in [0.15, 0.2) is 0 Å². The number of sulfonamides is 1. The molecule has 1 radical (unpaired) electrons. The lowest BCUT2D eigenvalue weighted by Gasteiger charge is -2.31. The van der Waals surface area contributed by atoms with E-state index in [1.807, 2.05) is 0 Å². The van der Waals surface area contributed by atoms with Gasteiger partial charge in [-0.1, -0.05) is 0 Å². The van der Waals surface area contributed by atoms with E-state index in [0.29, 0.717) is 31.2 Å². The van der Waals surface area contributed by atoms with Crippen molar-refractivity contribution in [3.05, 3.63) is 5.25 Å². The number of rotatable bonds is 2. The number of nitrogens with zero attached hydrogens (tertiary/aromatic N) is 1. The Kier molecular flexibility index (Phi) is 3.60. The van der Waals surface area contributed by atoms with Crippen LogP contribution < -0.4 is 10.6 Å². The van der Waals surface area contributed by atoms with Crippen LogP contribution in [-0.4, -0.2) is 52.0 Å². The number of piperazine rings is 1. The van der Waals surface area contributed by atoms with E-state index in [1.54, 1.807) is 4.31 Å². The van der Waals surface area contributed by atoms with Crippen molar-refractivity contribution in [2.24, 2.45) is 0 Å². The molecule has 2 aliphatic rings. The summed E-state index contributed by atoms with van der Waals surface area (Å²) >= 11 is 0. The average Bonchev–Trinajstić information content (AvgIpc) is 2.31. The van der Waals surface area contributed by atoms with Crippen LogP contribution in [0.4, 0.5) is 0 Å². The van der Waals surface area contributed by atoms with Crippen LogP contribution in [0.25, 0.3) is 0 Å². The molecule has 15 heavy (non-hydrogen) atoms. The van der Waals surface area contributed by atoms with Crippen LogP contribution >= 0.6 is 0 Å². The summed E-state index contributed by atoms with van der Waals surface area (Å²) in [5, 5.41) is 7.05. The average molecular weight is 232 g/mol. The predicted molar refractivity (Wildman–Crippen MR) is 58.7 cm³/mol. The van der Waals surface area contributed by atoms with Crippen LogP contribution in [-0.2, 0) is 10.0 Å². The van der Waals surface area contributed by atoms with Crippen LogP contribution in [0.1, 0.15) is 12.8 Å². The highest BCUT2D eigenvalue weighted by Crippen LogP contribution is 2.25. The van der Waals surface area contributed by atoms with Gasteiger partial charge in [-0.2, -0.15) is 4.31 Å². The SMILES string of the molecule is O=S(=O)([C]1CCNCC1)N1CCNCC1. The molecule has 2 N–H and O–H groups in total. The lowest BCUT2D eigenvalue weighted by Crippen LogP contribution is -2.48. The van der Waals surface area contributed by atoms with E-state index in [2.05, 4.69) is 10.6 Å². The van der Waals surface area contributed by atoms with Gasteiger partial charge in [-0.3, -0.25) is 0 Å². The van der Waals surface area contributed by atoms with E-state index in [1.165, 1.54) is 0 Å². The van der Waals surface area contributed by atoms with Gasteiger partial charge in [-0.15, -0.1) is 0 Å². The van der Waals surface area contributed by atoms with Crippen molar-refractivity contribution in [2.45, 2.75) is 12.8 Å². The minimum Gasteiger partial charge on any atom is -0.317 e. The van der Waals surface area contributed by atoms with E-state index in [9.17, 15) is 8.42 Å². The fourth-order valence-electron chi connectivity index (χ4n) is 2.03. The zero-order chi connectivity index (χ0) is 10.7. The normalized spacial score (nSPS) is 26.7. The van der Waals surface area contributed by atoms with Gasteiger partial charge >= 0.3 is 0 Å². The van der Waals surface area contributed by atoms with E-state index >= 15 is 0 Å². The Bertz CT molecular complexity index is 268. The topological polar surface area (TPSA) is 61.4 Å². The molecule has 0 spiro atoms. The highest BCUT2D eigenvalue weighted by molar-refractivity contribution is 7.92. The molecule has 2 aliphatic heterocycles. The molecule has 0 atom stereocenters. The number of hydrogen-bond acceptors (Lipinski definition) is 4. The minimum atomic E-state index is -3.12. The summed E-state index contributed by atoms with van der Waals surface area (Å²) in [6, 6.07) is 0. The Morgan fingerprint density at radius 1 is 0.933 bits per heavy atom. The maximum Gasteiger partial charge on any atom is 0.221 e. The Morgan fingerprint density at radius 2 is 1.47 bits per heavy atom. The van der Waals surface area contributed by atoms with Gasteiger partial charge in [0.1, 0.15) is 5.25 Å². The molecule has 2 heterocycles. The molecular formula is C9H18N3O2S. The lowest BCUT2D eigenvalue weighted by molar-refractivity contribution is 0.357. The molecule has 0 amide bonds. The van der Waals surface area contributed by atoms with Gasteiger partial charge < -0.3 is 10.6 Å². The van der Waals surface area contributed by atoms with Gasteiger partial charge in [0.2, 0.25) is 10.0 Å². The van der Waals surface area contributed by atoms with Crippen molar-refractivity contribution < 1.29 is 8.42 Å². The van der Waals surface area contributed by atoms with E-state index in [0.717, 1.165) is 26.2 Å². The molecule has 2 fully saturated rings. The monoisotopic (exact) mass is 232 g/mol. The molecule has 0 bridgehead atoms. The quantitative estimate of drug-likeness (QED) is 0.650. The first-order chi connectivity index (χ1) is 7.21. The molecule has 0 aromatic rings. The molecule has 0 aromatic carbocycles. The third-order valence-electron chi connectivity index (χ3n) is 2.94. The predicted octanol–water partition coefficient (Wildman–Crippen LogP) is -0.863. The Morgan fingerprint density at radius 3 is 2.07 bits per heavy atom. The molecule has 2 rings (SSSR count). The molecule has 6 heteroatoms. The van der Waals surface area contributed by atoms with E-state index in [4.69, 9.17) is 0 Å². The van der Waals surface area contributed by atoms with Gasteiger partial charge in [0, 0.05) is 26.2 Å². The van der Waals surface area contributed by atoms with Crippen molar-refractivity contribution in [1.82, 2.24) is 14.9 Å². The van der Waals surface area contributed by atoms with Gasteiger partial charge in [-0.25, -0.2) is 8.42 Å². The smallest absolute Gasteiger partial charge is 0.221 e. The van der Waals surface area contributed by atoms with Gasteiger partial charge in [-0.05, 0) is 25.9 Å². The molecular weight excluding hydrogens is 214 g/mol. The lowest BCUT2D eigenvalue weighted by atomic mass is 10.2. The Hall–Kier alpha value is -0.170. The van der Waals surface area contributed by atoms with Gasteiger partial charge in [0.05, 0.1) is 0 Å². The largest absolute Gasteiger partial charge is 0.317 e. The zero-order valence-electron chi connectivity index (χ0n) is 8.83. The first kappa shape index (κ1) is 11.3. The molecule has 87 valence electrons. The number of nitrogens with one attached hydrogen (secondary N) is 2. The first-order valence-electron chi connectivity index (χ1n) is 5.47. The third kappa shape index (κ3) is 2.50. The third-order valence-corrected chi connectivity index (χ3v) is 5.12. The molecule has 0 aromatic heterocycles. The Balaban J connectivity index is 2.03. The molecule has 5 nitrogen and oxygen atoms in total. The van der Waals surface area contributed by atoms with Crippen molar-refractivity contribution >= 4 is 10.0 Å². The summed E-state index contributed by atoms with van der Waals surface area (Å²) in [5.74, 6) is 0. The summed E-state index contributed by atoms with van der Waals surface area (Å²) in [5.41, 5.74) is 0. The van der Waals surface area contributed by atoms with Crippen LogP contribution in [0.3, 0.4) is 0 Å². The molecule has 0 aliphatic carbocycles. The number of hydrogen-bond donors (Lipinski definition) is 2. The number of piperidine rings is 1. The summed E-state index contributed by atoms with van der Waals surface area (Å²) in [6.45, 7) is 4.34. The van der Waals surface area contributed by atoms with E-state index in [-0.39, 0.29) is 0 Å². The van der Waals surface area contributed by atoms with Gasteiger partial charge in [0.25, 0.3) is 0 Å². The first-order valence-corrected chi connectivity index (χ1v) is 6.91. The minimum absolute atomic E-state index is 0.610. The molecule has 2 saturated heterocycles. The summed E-state index contributed by atoms with van der Waals surface area (Å²) < 4.78 is 26.0. The van der Waals surface area contributed by atoms with Crippen LogP contribution in [0.5, 0.6) is 0 Å². The van der Waals surface area contributed by atoms with Crippen LogP contribution in [0, 0.1) is 5.25 Å². The van der Waals surface area contributed by atoms with Crippen LogP contribution in [0.15, 0.2) is 0 Å².